The molecule has 2 nitrogen and oxygen atoms in total. The number of nitrogens with two attached hydrogens (primary N) is 1. The van der Waals surface area contributed by atoms with Gasteiger partial charge in [0.15, 0.2) is 0 Å². The highest BCUT2D eigenvalue weighted by atomic mass is 15.3. The van der Waals surface area contributed by atoms with Crippen LogP contribution < -0.4 is 5.73 Å². The fourth-order valence-corrected chi connectivity index (χ4v) is 5.73. The molecule has 3 rings (SSSR count). The van der Waals surface area contributed by atoms with Crippen LogP contribution in [0.4, 0.5) is 0 Å². The summed E-state index contributed by atoms with van der Waals surface area (Å²) in [6.45, 7) is 7.14. The highest BCUT2D eigenvalue weighted by Crippen LogP contribution is 2.46. The van der Waals surface area contributed by atoms with E-state index in [1.165, 1.54) is 64.3 Å². The van der Waals surface area contributed by atoms with E-state index in [1.54, 1.807) is 0 Å². The first kappa shape index (κ1) is 14.8. The Kier molecular flexibility index (Phi) is 4.42. The van der Waals surface area contributed by atoms with Gasteiger partial charge in [0.25, 0.3) is 0 Å². The van der Waals surface area contributed by atoms with E-state index >= 15 is 0 Å². The molecule has 2 heteroatoms. The molecular formula is C18H34N2. The second-order valence-corrected chi connectivity index (χ2v) is 7.91. The molecule has 0 aromatic heterocycles. The average molecular weight is 278 g/mol. The summed E-state index contributed by atoms with van der Waals surface area (Å²) in [4.78, 5) is 2.93. The molecule has 0 bridgehead atoms. The summed E-state index contributed by atoms with van der Waals surface area (Å²) in [5.74, 6) is 2.59. The lowest BCUT2D eigenvalue weighted by Gasteiger charge is -2.58. The molecule has 2 aliphatic carbocycles. The van der Waals surface area contributed by atoms with Gasteiger partial charge in [0.2, 0.25) is 0 Å². The Morgan fingerprint density at radius 2 is 1.75 bits per heavy atom. The van der Waals surface area contributed by atoms with Crippen LogP contribution in [0.5, 0.6) is 0 Å². The van der Waals surface area contributed by atoms with Crippen LogP contribution in [-0.2, 0) is 0 Å². The van der Waals surface area contributed by atoms with Gasteiger partial charge in [-0.1, -0.05) is 39.5 Å². The zero-order chi connectivity index (χ0) is 14.2. The van der Waals surface area contributed by atoms with E-state index in [1.807, 2.05) is 0 Å². The summed E-state index contributed by atoms with van der Waals surface area (Å²) < 4.78 is 0. The summed E-state index contributed by atoms with van der Waals surface area (Å²) >= 11 is 0. The third-order valence-electron chi connectivity index (χ3n) is 7.14. The van der Waals surface area contributed by atoms with Crippen molar-refractivity contribution in [3.63, 3.8) is 0 Å². The highest BCUT2D eigenvalue weighted by molar-refractivity contribution is 5.05. The van der Waals surface area contributed by atoms with Crippen LogP contribution >= 0.6 is 0 Å². The van der Waals surface area contributed by atoms with Gasteiger partial charge in [-0.25, -0.2) is 0 Å². The number of likely N-dealkylation sites (tertiary alicyclic amines) is 1. The van der Waals surface area contributed by atoms with Gasteiger partial charge in [0.05, 0.1) is 0 Å². The first-order valence-corrected chi connectivity index (χ1v) is 9.16. The van der Waals surface area contributed by atoms with Gasteiger partial charge >= 0.3 is 0 Å². The van der Waals surface area contributed by atoms with Crippen molar-refractivity contribution in [1.29, 1.82) is 0 Å². The van der Waals surface area contributed by atoms with Crippen LogP contribution in [0.1, 0.15) is 71.6 Å². The molecule has 1 heterocycles. The van der Waals surface area contributed by atoms with Crippen LogP contribution in [0.15, 0.2) is 0 Å². The van der Waals surface area contributed by atoms with Gasteiger partial charge in [0.1, 0.15) is 0 Å². The first-order valence-electron chi connectivity index (χ1n) is 9.16. The number of rotatable bonds is 2. The minimum Gasteiger partial charge on any atom is -0.329 e. The van der Waals surface area contributed by atoms with Crippen molar-refractivity contribution in [2.45, 2.75) is 83.2 Å². The lowest BCUT2D eigenvalue weighted by atomic mass is 9.65. The van der Waals surface area contributed by atoms with E-state index in [4.69, 9.17) is 5.73 Å². The predicted molar refractivity (Wildman–Crippen MR) is 85.7 cm³/mol. The molecule has 1 saturated heterocycles. The normalized spacial score (nSPS) is 47.0. The van der Waals surface area contributed by atoms with E-state index in [0.29, 0.717) is 5.54 Å². The van der Waals surface area contributed by atoms with Crippen LogP contribution in [0.2, 0.25) is 0 Å². The molecule has 0 aromatic carbocycles. The van der Waals surface area contributed by atoms with Crippen LogP contribution in [0.3, 0.4) is 0 Å². The molecule has 3 unspecified atom stereocenters. The Bertz CT molecular complexity index is 327. The van der Waals surface area contributed by atoms with E-state index in [-0.39, 0.29) is 0 Å². The third-order valence-corrected chi connectivity index (χ3v) is 7.14. The minimum absolute atomic E-state index is 0.318. The Balaban J connectivity index is 1.86. The van der Waals surface area contributed by atoms with E-state index in [2.05, 4.69) is 18.7 Å². The van der Waals surface area contributed by atoms with Crippen molar-refractivity contribution in [3.05, 3.63) is 0 Å². The standard InChI is InChI=1S/C18H34N2/c1-14-7-5-11-18(13-19,15(14)2)20-12-6-9-16-8-3-4-10-17(16)20/h14-17H,3-13,19H2,1-2H3/t14?,15?,16-,17-,18?/m1/s1. The Hall–Kier alpha value is -0.0800. The molecule has 2 saturated carbocycles. The largest absolute Gasteiger partial charge is 0.329 e. The molecular weight excluding hydrogens is 244 g/mol. The van der Waals surface area contributed by atoms with Crippen molar-refractivity contribution >= 4 is 0 Å². The van der Waals surface area contributed by atoms with Gasteiger partial charge in [-0.3, -0.25) is 4.90 Å². The summed E-state index contributed by atoms with van der Waals surface area (Å²) in [6.07, 6.45) is 12.9. The lowest BCUT2D eigenvalue weighted by Crippen LogP contribution is -2.66. The smallest absolute Gasteiger partial charge is 0.0362 e. The number of fused-ring (bicyclic) bond motifs is 1. The fourth-order valence-electron chi connectivity index (χ4n) is 5.73. The van der Waals surface area contributed by atoms with Gasteiger partial charge in [-0.15, -0.1) is 0 Å². The highest BCUT2D eigenvalue weighted by Gasteiger charge is 2.49. The predicted octanol–water partition coefficient (Wildman–Crippen LogP) is 3.79. The number of piperidine rings is 1. The van der Waals surface area contributed by atoms with Crippen LogP contribution in [0, 0.1) is 17.8 Å². The summed E-state index contributed by atoms with van der Waals surface area (Å²) in [5, 5.41) is 0. The zero-order valence-electron chi connectivity index (χ0n) is 13.6. The monoisotopic (exact) mass is 278 g/mol. The van der Waals surface area contributed by atoms with E-state index in [0.717, 1.165) is 30.3 Å². The molecule has 0 amide bonds. The summed E-state index contributed by atoms with van der Waals surface area (Å²) in [6, 6.07) is 0.855. The summed E-state index contributed by atoms with van der Waals surface area (Å²) in [5.41, 5.74) is 6.72. The lowest BCUT2D eigenvalue weighted by molar-refractivity contribution is -0.0804. The van der Waals surface area contributed by atoms with Crippen LogP contribution in [0.25, 0.3) is 0 Å². The van der Waals surface area contributed by atoms with Crippen molar-refractivity contribution < 1.29 is 0 Å². The zero-order valence-corrected chi connectivity index (χ0v) is 13.6. The number of hydrogen-bond acceptors (Lipinski definition) is 2. The van der Waals surface area contributed by atoms with E-state index < -0.39 is 0 Å². The van der Waals surface area contributed by atoms with Gasteiger partial charge in [0, 0.05) is 18.1 Å². The summed E-state index contributed by atoms with van der Waals surface area (Å²) in [7, 11) is 0. The van der Waals surface area contributed by atoms with Gasteiger partial charge in [-0.05, 0) is 56.4 Å². The Labute approximate surface area is 125 Å². The molecule has 1 aliphatic heterocycles. The van der Waals surface area contributed by atoms with Crippen LogP contribution in [-0.4, -0.2) is 29.6 Å². The Morgan fingerprint density at radius 1 is 1.00 bits per heavy atom. The third kappa shape index (κ3) is 2.33. The van der Waals surface area contributed by atoms with Crippen molar-refractivity contribution in [1.82, 2.24) is 4.90 Å². The van der Waals surface area contributed by atoms with Gasteiger partial charge < -0.3 is 5.73 Å². The second kappa shape index (κ2) is 5.96. The topological polar surface area (TPSA) is 29.3 Å². The fraction of sp³-hybridized carbons (Fsp3) is 1.00. The molecule has 5 atom stereocenters. The first-order chi connectivity index (χ1) is 9.69. The second-order valence-electron chi connectivity index (χ2n) is 7.91. The molecule has 3 aliphatic rings. The van der Waals surface area contributed by atoms with E-state index in [9.17, 15) is 0 Å². The average Bonchev–Trinajstić information content (AvgIpc) is 2.50. The SMILES string of the molecule is CC1CCCC(CN)(N2CCC[C@H]3CCCC[C@H]32)C1C. The molecule has 0 spiro atoms. The van der Waals surface area contributed by atoms with Crippen molar-refractivity contribution in [2.24, 2.45) is 23.5 Å². The molecule has 0 aromatic rings. The molecule has 2 N–H and O–H groups in total. The maximum absolute atomic E-state index is 6.40. The molecule has 0 radical (unpaired) electrons. The molecule has 20 heavy (non-hydrogen) atoms. The number of hydrogen-bond donors (Lipinski definition) is 1. The van der Waals surface area contributed by atoms with Crippen molar-refractivity contribution in [2.75, 3.05) is 13.1 Å². The maximum atomic E-state index is 6.40. The minimum atomic E-state index is 0.318. The molecule has 3 fully saturated rings. The Morgan fingerprint density at radius 3 is 2.55 bits per heavy atom. The molecule has 116 valence electrons. The number of nitrogens with zero attached hydrogens (tertiary/aromatic N) is 1. The maximum Gasteiger partial charge on any atom is 0.0362 e. The quantitative estimate of drug-likeness (QED) is 0.832. The van der Waals surface area contributed by atoms with Gasteiger partial charge in [-0.2, -0.15) is 0 Å². The van der Waals surface area contributed by atoms with Crippen molar-refractivity contribution in [3.8, 4) is 0 Å².